The minimum absolute atomic E-state index is 0.394. The molecule has 17 heavy (non-hydrogen) atoms. The van der Waals surface area contributed by atoms with Gasteiger partial charge in [0.15, 0.2) is 5.41 Å². The predicted molar refractivity (Wildman–Crippen MR) is 61.7 cm³/mol. The first-order chi connectivity index (χ1) is 8.22. The number of hydrogen-bond acceptors (Lipinski definition) is 3. The SMILES string of the molecule is O=C1OC(=O)C12C=CC(c1ccccc1)=CC2. The molecule has 1 aliphatic carbocycles. The Balaban J connectivity index is 1.89. The fourth-order valence-electron chi connectivity index (χ4n) is 2.09. The van der Waals surface area contributed by atoms with Crippen LogP contribution in [0.25, 0.3) is 5.57 Å². The number of carbonyl (C=O) groups excluding carboxylic acids is 2. The van der Waals surface area contributed by atoms with Crippen LogP contribution in [0.15, 0.2) is 48.6 Å². The third-order valence-corrected chi connectivity index (χ3v) is 3.21. The molecule has 0 radical (unpaired) electrons. The zero-order valence-electron chi connectivity index (χ0n) is 9.05. The minimum atomic E-state index is -1.03. The third-order valence-electron chi connectivity index (χ3n) is 3.21. The van der Waals surface area contributed by atoms with E-state index in [9.17, 15) is 9.59 Å². The highest BCUT2D eigenvalue weighted by Gasteiger charge is 2.56. The lowest BCUT2D eigenvalue weighted by Gasteiger charge is -2.34. The smallest absolute Gasteiger partial charge is 0.335 e. The Morgan fingerprint density at radius 3 is 2.29 bits per heavy atom. The predicted octanol–water partition coefficient (Wildman–Crippen LogP) is 2.10. The van der Waals surface area contributed by atoms with E-state index in [2.05, 4.69) is 4.74 Å². The Hall–Kier alpha value is -2.16. The van der Waals surface area contributed by atoms with Crippen LogP contribution in [-0.4, -0.2) is 11.9 Å². The number of cyclic esters (lactones) is 2. The van der Waals surface area contributed by atoms with Crippen LogP contribution in [0, 0.1) is 5.41 Å². The van der Waals surface area contributed by atoms with Crippen LogP contribution in [0.3, 0.4) is 0 Å². The summed E-state index contributed by atoms with van der Waals surface area (Å²) in [6.45, 7) is 0. The zero-order valence-corrected chi connectivity index (χ0v) is 9.05. The number of hydrogen-bond donors (Lipinski definition) is 0. The van der Waals surface area contributed by atoms with Gasteiger partial charge < -0.3 is 4.74 Å². The van der Waals surface area contributed by atoms with Gasteiger partial charge in [0, 0.05) is 0 Å². The lowest BCUT2D eigenvalue weighted by molar-refractivity contribution is -0.191. The minimum Gasteiger partial charge on any atom is -0.391 e. The van der Waals surface area contributed by atoms with Crippen LogP contribution in [-0.2, 0) is 14.3 Å². The summed E-state index contributed by atoms with van der Waals surface area (Å²) in [5.41, 5.74) is 1.08. The Kier molecular flexibility index (Phi) is 2.01. The highest BCUT2D eigenvalue weighted by molar-refractivity contribution is 6.16. The van der Waals surface area contributed by atoms with Gasteiger partial charge in [0.25, 0.3) is 0 Å². The van der Waals surface area contributed by atoms with Crippen molar-refractivity contribution in [2.24, 2.45) is 5.41 Å². The molecular weight excluding hydrogens is 216 g/mol. The van der Waals surface area contributed by atoms with Crippen LogP contribution >= 0.6 is 0 Å². The number of carbonyl (C=O) groups is 2. The summed E-state index contributed by atoms with van der Waals surface area (Å²) >= 11 is 0. The first-order valence-corrected chi connectivity index (χ1v) is 5.44. The zero-order chi connectivity index (χ0) is 11.9. The first kappa shape index (κ1) is 10.0. The van der Waals surface area contributed by atoms with Crippen LogP contribution in [0.2, 0.25) is 0 Å². The molecule has 1 aromatic carbocycles. The lowest BCUT2D eigenvalue weighted by atomic mass is 9.76. The number of ether oxygens (including phenoxy) is 1. The standard InChI is InChI=1S/C14H10O3/c15-12-14(13(16)17-12)8-6-11(7-9-14)10-4-2-1-3-5-10/h1-8H,9H2. The normalized spacial score (nSPS) is 20.8. The quantitative estimate of drug-likeness (QED) is 0.544. The molecule has 0 aromatic heterocycles. The fourth-order valence-corrected chi connectivity index (χ4v) is 2.09. The summed E-state index contributed by atoms with van der Waals surface area (Å²) < 4.78 is 4.41. The third kappa shape index (κ3) is 1.35. The average molecular weight is 226 g/mol. The summed E-state index contributed by atoms with van der Waals surface area (Å²) in [5.74, 6) is -0.885. The summed E-state index contributed by atoms with van der Waals surface area (Å²) in [6, 6.07) is 9.85. The molecule has 1 aromatic rings. The molecule has 0 atom stereocenters. The monoisotopic (exact) mass is 226 g/mol. The number of allylic oxidation sites excluding steroid dienone is 3. The van der Waals surface area contributed by atoms with E-state index >= 15 is 0 Å². The van der Waals surface area contributed by atoms with Gasteiger partial charge in [-0.05, 0) is 17.6 Å². The molecule has 2 aliphatic rings. The molecule has 3 heteroatoms. The van der Waals surface area contributed by atoms with Crippen molar-refractivity contribution in [1.82, 2.24) is 0 Å². The van der Waals surface area contributed by atoms with E-state index in [1.165, 1.54) is 0 Å². The highest BCUT2D eigenvalue weighted by atomic mass is 16.6. The largest absolute Gasteiger partial charge is 0.391 e. The maximum atomic E-state index is 11.3. The van der Waals surface area contributed by atoms with Crippen molar-refractivity contribution in [2.75, 3.05) is 0 Å². The van der Waals surface area contributed by atoms with Crippen molar-refractivity contribution in [1.29, 1.82) is 0 Å². The van der Waals surface area contributed by atoms with Crippen LogP contribution in [0.1, 0.15) is 12.0 Å². The van der Waals surface area contributed by atoms with E-state index in [0.717, 1.165) is 11.1 Å². The molecule has 3 nitrogen and oxygen atoms in total. The van der Waals surface area contributed by atoms with Gasteiger partial charge in [0.2, 0.25) is 0 Å². The van der Waals surface area contributed by atoms with Crippen LogP contribution < -0.4 is 0 Å². The topological polar surface area (TPSA) is 43.4 Å². The Morgan fingerprint density at radius 1 is 1.06 bits per heavy atom. The van der Waals surface area contributed by atoms with Crippen molar-refractivity contribution in [3.63, 3.8) is 0 Å². The van der Waals surface area contributed by atoms with Crippen molar-refractivity contribution in [2.45, 2.75) is 6.42 Å². The Labute approximate surface area is 98.4 Å². The molecule has 84 valence electrons. The molecule has 1 heterocycles. The molecule has 1 aliphatic heterocycles. The second-order valence-electron chi connectivity index (χ2n) is 4.21. The van der Waals surface area contributed by atoms with Crippen molar-refractivity contribution < 1.29 is 14.3 Å². The second-order valence-corrected chi connectivity index (χ2v) is 4.21. The van der Waals surface area contributed by atoms with Gasteiger partial charge >= 0.3 is 11.9 Å². The van der Waals surface area contributed by atoms with Crippen LogP contribution in [0.4, 0.5) is 0 Å². The van der Waals surface area contributed by atoms with E-state index < -0.39 is 17.4 Å². The molecule has 3 rings (SSSR count). The summed E-state index contributed by atoms with van der Waals surface area (Å²) in [5, 5.41) is 0. The molecule has 0 bridgehead atoms. The first-order valence-electron chi connectivity index (χ1n) is 5.44. The number of rotatable bonds is 1. The highest BCUT2D eigenvalue weighted by Crippen LogP contribution is 2.41. The van der Waals surface area contributed by atoms with E-state index in [0.29, 0.717) is 6.42 Å². The van der Waals surface area contributed by atoms with Crippen LogP contribution in [0.5, 0.6) is 0 Å². The van der Waals surface area contributed by atoms with Crippen molar-refractivity contribution in [3.8, 4) is 0 Å². The average Bonchev–Trinajstić information content (AvgIpc) is 2.40. The maximum absolute atomic E-state index is 11.3. The number of benzene rings is 1. The van der Waals surface area contributed by atoms with Crippen molar-refractivity contribution in [3.05, 3.63) is 54.1 Å². The van der Waals surface area contributed by atoms with E-state index in [-0.39, 0.29) is 0 Å². The van der Waals surface area contributed by atoms with Crippen molar-refractivity contribution >= 4 is 17.5 Å². The van der Waals surface area contributed by atoms with Gasteiger partial charge in [-0.25, -0.2) is 9.59 Å². The van der Waals surface area contributed by atoms with Gasteiger partial charge in [-0.15, -0.1) is 0 Å². The van der Waals surface area contributed by atoms with Gasteiger partial charge in [0.1, 0.15) is 0 Å². The Bertz CT molecular complexity index is 538. The van der Waals surface area contributed by atoms with Gasteiger partial charge in [-0.2, -0.15) is 0 Å². The molecule has 0 amide bonds. The summed E-state index contributed by atoms with van der Waals surface area (Å²) in [6.07, 6.45) is 5.78. The van der Waals surface area contributed by atoms with Gasteiger partial charge in [-0.1, -0.05) is 48.6 Å². The van der Waals surface area contributed by atoms with Gasteiger partial charge in [-0.3, -0.25) is 0 Å². The Morgan fingerprint density at radius 2 is 1.76 bits per heavy atom. The number of esters is 2. The lowest BCUT2D eigenvalue weighted by Crippen LogP contribution is -2.52. The molecular formula is C14H10O3. The molecule has 0 N–H and O–H groups in total. The van der Waals surface area contributed by atoms with E-state index in [4.69, 9.17) is 0 Å². The molecule has 1 spiro atoms. The molecule has 0 unspecified atom stereocenters. The van der Waals surface area contributed by atoms with E-state index in [1.54, 1.807) is 6.08 Å². The second kappa shape index (κ2) is 3.42. The summed E-state index contributed by atoms with van der Waals surface area (Å²) in [4.78, 5) is 22.7. The summed E-state index contributed by atoms with van der Waals surface area (Å²) in [7, 11) is 0. The molecule has 1 saturated heterocycles. The molecule has 1 fully saturated rings. The molecule has 0 saturated carbocycles. The van der Waals surface area contributed by atoms with Gasteiger partial charge in [0.05, 0.1) is 0 Å². The van der Waals surface area contributed by atoms with E-state index in [1.807, 2.05) is 42.5 Å². The maximum Gasteiger partial charge on any atom is 0.335 e. The fraction of sp³-hybridized carbons (Fsp3) is 0.143.